The fraction of sp³-hybridized carbons (Fsp3) is 0.176. The lowest BCUT2D eigenvalue weighted by molar-refractivity contribution is -0.125. The summed E-state index contributed by atoms with van der Waals surface area (Å²) < 4.78 is 4.89. The van der Waals surface area contributed by atoms with E-state index in [9.17, 15) is 4.79 Å². The molecule has 3 aromatic rings. The first kappa shape index (κ1) is 14.3. The van der Waals surface area contributed by atoms with Crippen LogP contribution in [0.25, 0.3) is 11.0 Å². The molecule has 1 aromatic heterocycles. The molecule has 1 amide bonds. The van der Waals surface area contributed by atoms with Crippen molar-refractivity contribution < 1.29 is 9.53 Å². The zero-order valence-electron chi connectivity index (χ0n) is 12.2. The summed E-state index contributed by atoms with van der Waals surface area (Å²) >= 11 is 0. The molecule has 3 rings (SSSR count). The number of methoxy groups -OCH3 is 1. The van der Waals surface area contributed by atoms with Gasteiger partial charge in [-0.1, -0.05) is 42.5 Å². The molecule has 1 atom stereocenters. The van der Waals surface area contributed by atoms with Crippen LogP contribution < -0.4 is 5.32 Å². The largest absolute Gasteiger partial charge is 0.375 e. The van der Waals surface area contributed by atoms with Crippen LogP contribution in [0.5, 0.6) is 0 Å². The van der Waals surface area contributed by atoms with Crippen LogP contribution in [0.4, 0.5) is 0 Å². The molecular formula is C17H17N3O2. The van der Waals surface area contributed by atoms with E-state index in [-0.39, 0.29) is 18.6 Å². The number of hydrogen-bond acceptors (Lipinski definition) is 3. The fourth-order valence-corrected chi connectivity index (χ4v) is 2.40. The van der Waals surface area contributed by atoms with E-state index < -0.39 is 0 Å². The van der Waals surface area contributed by atoms with Crippen molar-refractivity contribution in [2.75, 3.05) is 13.7 Å². The number of rotatable bonds is 5. The molecule has 0 aliphatic heterocycles. The molecule has 0 radical (unpaired) electrons. The van der Waals surface area contributed by atoms with Gasteiger partial charge in [0.25, 0.3) is 0 Å². The maximum Gasteiger partial charge on any atom is 0.246 e. The lowest BCUT2D eigenvalue weighted by Crippen LogP contribution is -2.32. The van der Waals surface area contributed by atoms with Gasteiger partial charge in [-0.15, -0.1) is 0 Å². The zero-order chi connectivity index (χ0) is 15.4. The van der Waals surface area contributed by atoms with Crippen molar-refractivity contribution >= 4 is 16.9 Å². The number of carbonyl (C=O) groups excluding carboxylic acids is 1. The van der Waals surface area contributed by atoms with Gasteiger partial charge in [-0.2, -0.15) is 0 Å². The summed E-state index contributed by atoms with van der Waals surface area (Å²) in [5.74, 6) is 0.522. The van der Waals surface area contributed by atoms with Gasteiger partial charge in [0.1, 0.15) is 18.5 Å². The standard InChI is InChI=1S/C17H17N3O2/c1-22-11-15(21)20-16(12-7-3-2-4-8-12)17-18-13-9-5-6-10-14(13)19-17/h2-10,16H,11H2,1H3,(H,18,19)(H,20,21). The molecule has 2 aromatic carbocycles. The average molecular weight is 295 g/mol. The first-order chi connectivity index (χ1) is 10.8. The Balaban J connectivity index is 1.98. The first-order valence-electron chi connectivity index (χ1n) is 7.06. The highest BCUT2D eigenvalue weighted by molar-refractivity contribution is 5.79. The van der Waals surface area contributed by atoms with E-state index in [2.05, 4.69) is 15.3 Å². The maximum atomic E-state index is 11.9. The number of carbonyl (C=O) groups is 1. The van der Waals surface area contributed by atoms with Crippen LogP contribution in [0.3, 0.4) is 0 Å². The second-order valence-electron chi connectivity index (χ2n) is 4.98. The minimum atomic E-state index is -0.337. The van der Waals surface area contributed by atoms with Gasteiger partial charge < -0.3 is 15.0 Å². The predicted octanol–water partition coefficient (Wildman–Crippen LogP) is 2.41. The lowest BCUT2D eigenvalue weighted by atomic mass is 10.1. The van der Waals surface area contributed by atoms with E-state index in [4.69, 9.17) is 4.74 Å². The Morgan fingerprint density at radius 2 is 1.91 bits per heavy atom. The minimum Gasteiger partial charge on any atom is -0.375 e. The van der Waals surface area contributed by atoms with Gasteiger partial charge >= 0.3 is 0 Å². The van der Waals surface area contributed by atoms with Gasteiger partial charge in [0, 0.05) is 7.11 Å². The fourth-order valence-electron chi connectivity index (χ4n) is 2.40. The first-order valence-corrected chi connectivity index (χ1v) is 7.06. The van der Waals surface area contributed by atoms with Crippen LogP contribution in [-0.2, 0) is 9.53 Å². The Hall–Kier alpha value is -2.66. The van der Waals surface area contributed by atoms with Crippen molar-refractivity contribution in [3.63, 3.8) is 0 Å². The Kier molecular flexibility index (Phi) is 4.16. The molecule has 0 aliphatic carbocycles. The van der Waals surface area contributed by atoms with Crippen LogP contribution in [0, 0.1) is 0 Å². The average Bonchev–Trinajstić information content (AvgIpc) is 2.97. The molecule has 0 bridgehead atoms. The van der Waals surface area contributed by atoms with Crippen LogP contribution in [-0.4, -0.2) is 29.6 Å². The van der Waals surface area contributed by atoms with Crippen molar-refractivity contribution in [1.29, 1.82) is 0 Å². The van der Waals surface area contributed by atoms with Crippen molar-refractivity contribution in [2.45, 2.75) is 6.04 Å². The van der Waals surface area contributed by atoms with E-state index in [1.807, 2.05) is 54.6 Å². The monoisotopic (exact) mass is 295 g/mol. The number of nitrogens with zero attached hydrogens (tertiary/aromatic N) is 1. The van der Waals surface area contributed by atoms with Gasteiger partial charge in [-0.05, 0) is 17.7 Å². The molecule has 5 heteroatoms. The smallest absolute Gasteiger partial charge is 0.246 e. The van der Waals surface area contributed by atoms with Crippen molar-refractivity contribution in [2.24, 2.45) is 0 Å². The van der Waals surface area contributed by atoms with Gasteiger partial charge in [0.05, 0.1) is 11.0 Å². The molecule has 0 aliphatic rings. The summed E-state index contributed by atoms with van der Waals surface area (Å²) in [7, 11) is 1.50. The molecule has 1 unspecified atom stereocenters. The quantitative estimate of drug-likeness (QED) is 0.759. The number of fused-ring (bicyclic) bond motifs is 1. The number of imidazole rings is 1. The predicted molar refractivity (Wildman–Crippen MR) is 84.4 cm³/mol. The summed E-state index contributed by atoms with van der Waals surface area (Å²) in [5, 5.41) is 2.95. The number of para-hydroxylation sites is 2. The Morgan fingerprint density at radius 1 is 1.18 bits per heavy atom. The van der Waals surface area contributed by atoms with E-state index in [0.717, 1.165) is 16.6 Å². The molecule has 0 saturated heterocycles. The molecule has 0 spiro atoms. The highest BCUT2D eigenvalue weighted by Crippen LogP contribution is 2.22. The molecule has 112 valence electrons. The number of H-pyrrole nitrogens is 1. The summed E-state index contributed by atoms with van der Waals surface area (Å²) in [6.45, 7) is 0.0174. The van der Waals surface area contributed by atoms with Gasteiger partial charge in [-0.3, -0.25) is 4.79 Å². The number of hydrogen-bond donors (Lipinski definition) is 2. The summed E-state index contributed by atoms with van der Waals surface area (Å²) in [6.07, 6.45) is 0. The molecule has 2 N–H and O–H groups in total. The van der Waals surface area contributed by atoms with Gasteiger partial charge in [0.2, 0.25) is 5.91 Å². The second-order valence-corrected chi connectivity index (χ2v) is 4.98. The van der Waals surface area contributed by atoms with Crippen LogP contribution in [0.2, 0.25) is 0 Å². The van der Waals surface area contributed by atoms with E-state index in [1.165, 1.54) is 7.11 Å². The maximum absolute atomic E-state index is 11.9. The second kappa shape index (κ2) is 6.41. The third-order valence-corrected chi connectivity index (χ3v) is 3.39. The van der Waals surface area contributed by atoms with E-state index >= 15 is 0 Å². The van der Waals surface area contributed by atoms with Gasteiger partial charge in [-0.25, -0.2) is 4.98 Å². The normalized spacial score (nSPS) is 12.2. The Labute approximate surface area is 128 Å². The Morgan fingerprint density at radius 3 is 2.64 bits per heavy atom. The van der Waals surface area contributed by atoms with Crippen LogP contribution >= 0.6 is 0 Å². The summed E-state index contributed by atoms with van der Waals surface area (Å²) in [5.41, 5.74) is 2.78. The van der Waals surface area contributed by atoms with Crippen LogP contribution in [0.1, 0.15) is 17.4 Å². The zero-order valence-corrected chi connectivity index (χ0v) is 12.2. The number of benzene rings is 2. The number of aromatic nitrogens is 2. The topological polar surface area (TPSA) is 67.0 Å². The highest BCUT2D eigenvalue weighted by Gasteiger charge is 2.20. The molecule has 1 heterocycles. The van der Waals surface area contributed by atoms with Crippen molar-refractivity contribution in [3.8, 4) is 0 Å². The van der Waals surface area contributed by atoms with E-state index in [1.54, 1.807) is 0 Å². The van der Waals surface area contributed by atoms with Crippen molar-refractivity contribution in [3.05, 3.63) is 66.0 Å². The molecular weight excluding hydrogens is 278 g/mol. The third-order valence-electron chi connectivity index (χ3n) is 3.39. The van der Waals surface area contributed by atoms with Gasteiger partial charge in [0.15, 0.2) is 0 Å². The summed E-state index contributed by atoms with van der Waals surface area (Å²) in [6, 6.07) is 17.2. The molecule has 22 heavy (non-hydrogen) atoms. The van der Waals surface area contributed by atoms with E-state index in [0.29, 0.717) is 5.82 Å². The molecule has 0 saturated carbocycles. The lowest BCUT2D eigenvalue weighted by Gasteiger charge is -2.17. The number of amides is 1. The Bertz CT molecular complexity index is 735. The summed E-state index contributed by atoms with van der Waals surface area (Å²) in [4.78, 5) is 19.8. The highest BCUT2D eigenvalue weighted by atomic mass is 16.5. The molecule has 5 nitrogen and oxygen atoms in total. The SMILES string of the molecule is COCC(=O)NC(c1ccccc1)c1nc2ccccc2[nH]1. The van der Waals surface area contributed by atoms with Crippen molar-refractivity contribution in [1.82, 2.24) is 15.3 Å². The van der Waals surface area contributed by atoms with Crippen LogP contribution in [0.15, 0.2) is 54.6 Å². The number of aromatic amines is 1. The minimum absolute atomic E-state index is 0.0174. The number of nitrogens with one attached hydrogen (secondary N) is 2. The molecule has 0 fully saturated rings. The number of ether oxygens (including phenoxy) is 1. The third kappa shape index (κ3) is 2.99.